The third-order valence-electron chi connectivity index (χ3n) is 5.21. The van der Waals surface area contributed by atoms with Crippen molar-refractivity contribution in [3.63, 3.8) is 0 Å². The number of anilines is 1. The number of hydrogen-bond acceptors (Lipinski definition) is 5. The van der Waals surface area contributed by atoms with E-state index in [1.165, 1.54) is 12.1 Å². The number of rotatable bonds is 10. The van der Waals surface area contributed by atoms with Crippen LogP contribution < -0.4 is 10.6 Å². The maximum atomic E-state index is 12.9. The first kappa shape index (κ1) is 28.3. The molecule has 2 N–H and O–H groups in total. The first-order chi connectivity index (χ1) is 17.5. The molecule has 0 spiro atoms. The van der Waals surface area contributed by atoms with Crippen LogP contribution in [-0.4, -0.2) is 32.3 Å². The summed E-state index contributed by atoms with van der Waals surface area (Å²) in [6.07, 6.45) is -2.88. The van der Waals surface area contributed by atoms with E-state index in [1.54, 1.807) is 34.9 Å². The second-order valence-corrected chi connectivity index (χ2v) is 9.68. The van der Waals surface area contributed by atoms with Crippen molar-refractivity contribution in [1.82, 2.24) is 20.1 Å². The standard InChI is InChI=1S/C25H25ClF3N5O2S/c1-4-12-34-22(21(15(2)3)31-23(36)18-10-5-6-11-19(18)26)32-33-24(34)37-14-20(35)30-17-9-7-8-16(13-17)25(27,28)29/h4-11,13,15,21H,1,12,14H2,2-3H3,(H,30,35)(H,31,36). The summed E-state index contributed by atoms with van der Waals surface area (Å²) >= 11 is 7.23. The fraction of sp³-hybridized carbons (Fsp3) is 0.280. The molecule has 37 heavy (non-hydrogen) atoms. The molecule has 1 atom stereocenters. The molecule has 0 radical (unpaired) electrons. The van der Waals surface area contributed by atoms with Gasteiger partial charge in [0.05, 0.1) is 27.9 Å². The van der Waals surface area contributed by atoms with Gasteiger partial charge in [0.1, 0.15) is 0 Å². The molecule has 2 aromatic carbocycles. The third-order valence-corrected chi connectivity index (χ3v) is 6.51. The molecule has 0 bridgehead atoms. The van der Waals surface area contributed by atoms with Gasteiger partial charge in [0.2, 0.25) is 5.91 Å². The van der Waals surface area contributed by atoms with Crippen molar-refractivity contribution < 1.29 is 22.8 Å². The number of nitrogens with one attached hydrogen (secondary N) is 2. The average Bonchev–Trinajstić information content (AvgIpc) is 3.23. The Kier molecular flexibility index (Phi) is 9.39. The Morgan fingerprint density at radius 1 is 1.16 bits per heavy atom. The number of halogens is 4. The van der Waals surface area contributed by atoms with E-state index in [2.05, 4.69) is 27.4 Å². The average molecular weight is 552 g/mol. The van der Waals surface area contributed by atoms with Gasteiger partial charge in [-0.05, 0) is 36.2 Å². The lowest BCUT2D eigenvalue weighted by molar-refractivity contribution is -0.137. The van der Waals surface area contributed by atoms with Crippen molar-refractivity contribution in [2.45, 2.75) is 37.8 Å². The molecule has 1 aromatic heterocycles. The lowest BCUT2D eigenvalue weighted by Crippen LogP contribution is -2.34. The van der Waals surface area contributed by atoms with E-state index >= 15 is 0 Å². The largest absolute Gasteiger partial charge is 0.416 e. The van der Waals surface area contributed by atoms with Crippen LogP contribution in [0.5, 0.6) is 0 Å². The minimum Gasteiger partial charge on any atom is -0.342 e. The fourth-order valence-electron chi connectivity index (χ4n) is 3.43. The number of nitrogens with zero attached hydrogens (tertiary/aromatic N) is 3. The van der Waals surface area contributed by atoms with Crippen LogP contribution in [0.2, 0.25) is 5.02 Å². The number of carbonyl (C=O) groups excluding carboxylic acids is 2. The van der Waals surface area contributed by atoms with Crippen molar-refractivity contribution in [3.8, 4) is 0 Å². The number of thioether (sulfide) groups is 1. The molecule has 2 amide bonds. The van der Waals surface area contributed by atoms with Gasteiger partial charge in [-0.15, -0.1) is 16.8 Å². The summed E-state index contributed by atoms with van der Waals surface area (Å²) in [7, 11) is 0. The maximum Gasteiger partial charge on any atom is 0.416 e. The van der Waals surface area contributed by atoms with E-state index in [9.17, 15) is 22.8 Å². The van der Waals surface area contributed by atoms with Gasteiger partial charge >= 0.3 is 6.18 Å². The number of alkyl halides is 3. The van der Waals surface area contributed by atoms with Crippen molar-refractivity contribution in [3.05, 3.63) is 83.2 Å². The van der Waals surface area contributed by atoms with Crippen LogP contribution in [0.4, 0.5) is 18.9 Å². The van der Waals surface area contributed by atoms with E-state index in [1.807, 2.05) is 13.8 Å². The molecule has 0 aliphatic rings. The first-order valence-electron chi connectivity index (χ1n) is 11.2. The van der Waals surface area contributed by atoms with Gasteiger partial charge < -0.3 is 15.2 Å². The smallest absolute Gasteiger partial charge is 0.342 e. The van der Waals surface area contributed by atoms with Gasteiger partial charge in [-0.2, -0.15) is 13.2 Å². The quantitative estimate of drug-likeness (QED) is 0.238. The number of amides is 2. The Morgan fingerprint density at radius 3 is 2.54 bits per heavy atom. The van der Waals surface area contributed by atoms with Crippen molar-refractivity contribution in [2.24, 2.45) is 5.92 Å². The van der Waals surface area contributed by atoms with Gasteiger partial charge in [0.15, 0.2) is 11.0 Å². The van der Waals surface area contributed by atoms with Gasteiger partial charge in [0.25, 0.3) is 5.91 Å². The van der Waals surface area contributed by atoms with E-state index in [-0.39, 0.29) is 23.3 Å². The minimum absolute atomic E-state index is 0.0378. The Morgan fingerprint density at radius 2 is 1.89 bits per heavy atom. The van der Waals surface area contributed by atoms with Crippen LogP contribution in [0.25, 0.3) is 0 Å². The summed E-state index contributed by atoms with van der Waals surface area (Å²) in [5.74, 6) is -0.597. The summed E-state index contributed by atoms with van der Waals surface area (Å²) in [5, 5.41) is 14.6. The first-order valence-corrected chi connectivity index (χ1v) is 12.6. The van der Waals surface area contributed by atoms with E-state index in [0.717, 1.165) is 23.9 Å². The Balaban J connectivity index is 1.75. The molecular formula is C25H25ClF3N5O2S. The van der Waals surface area contributed by atoms with Gasteiger partial charge in [0, 0.05) is 12.2 Å². The topological polar surface area (TPSA) is 88.9 Å². The van der Waals surface area contributed by atoms with Crippen molar-refractivity contribution in [2.75, 3.05) is 11.1 Å². The van der Waals surface area contributed by atoms with Crippen LogP contribution in [-0.2, 0) is 17.5 Å². The van der Waals surface area contributed by atoms with Crippen LogP contribution in [0.15, 0.2) is 66.3 Å². The highest BCUT2D eigenvalue weighted by atomic mass is 35.5. The highest BCUT2D eigenvalue weighted by Gasteiger charge is 2.30. The molecule has 7 nitrogen and oxygen atoms in total. The second-order valence-electron chi connectivity index (χ2n) is 8.33. The van der Waals surface area contributed by atoms with Crippen LogP contribution in [0.1, 0.15) is 41.6 Å². The Bertz CT molecular complexity index is 1280. The monoisotopic (exact) mass is 551 g/mol. The highest BCUT2D eigenvalue weighted by Crippen LogP contribution is 2.31. The highest BCUT2D eigenvalue weighted by molar-refractivity contribution is 7.99. The Hall–Kier alpha value is -3.31. The molecule has 0 aliphatic heterocycles. The SMILES string of the molecule is C=CCn1c(SCC(=O)Nc2cccc(C(F)(F)F)c2)nnc1C(NC(=O)c1ccccc1Cl)C(C)C. The number of carbonyl (C=O) groups is 2. The maximum absolute atomic E-state index is 12.9. The lowest BCUT2D eigenvalue weighted by Gasteiger charge is -2.23. The van der Waals surface area contributed by atoms with Crippen LogP contribution in [0, 0.1) is 5.92 Å². The number of benzene rings is 2. The molecule has 0 fully saturated rings. The molecule has 0 saturated carbocycles. The van der Waals surface area contributed by atoms with Crippen LogP contribution in [0.3, 0.4) is 0 Å². The van der Waals surface area contributed by atoms with E-state index < -0.39 is 23.7 Å². The number of hydrogen-bond donors (Lipinski definition) is 2. The predicted octanol–water partition coefficient (Wildman–Crippen LogP) is 5.99. The second kappa shape index (κ2) is 12.3. The normalized spacial score (nSPS) is 12.3. The van der Waals surface area contributed by atoms with Gasteiger partial charge in [-0.3, -0.25) is 9.59 Å². The number of aromatic nitrogens is 3. The fourth-order valence-corrected chi connectivity index (χ4v) is 4.41. The summed E-state index contributed by atoms with van der Waals surface area (Å²) < 4.78 is 40.5. The summed E-state index contributed by atoms with van der Waals surface area (Å²) in [6.45, 7) is 7.90. The Labute approximate surface area is 221 Å². The zero-order valence-corrected chi connectivity index (χ0v) is 21.6. The van der Waals surface area contributed by atoms with E-state index in [4.69, 9.17) is 11.6 Å². The summed E-state index contributed by atoms with van der Waals surface area (Å²) in [5.41, 5.74) is -0.492. The van der Waals surface area contributed by atoms with E-state index in [0.29, 0.717) is 28.1 Å². The third kappa shape index (κ3) is 7.36. The zero-order valence-electron chi connectivity index (χ0n) is 20.1. The molecule has 1 unspecified atom stereocenters. The molecule has 3 rings (SSSR count). The van der Waals surface area contributed by atoms with Gasteiger partial charge in [-0.25, -0.2) is 0 Å². The summed E-state index contributed by atoms with van der Waals surface area (Å²) in [6, 6.07) is 10.6. The van der Waals surface area contributed by atoms with Crippen molar-refractivity contribution >= 4 is 40.9 Å². The molecule has 3 aromatic rings. The molecular weight excluding hydrogens is 527 g/mol. The molecule has 0 saturated heterocycles. The zero-order chi connectivity index (χ0) is 27.2. The van der Waals surface area contributed by atoms with Crippen LogP contribution >= 0.6 is 23.4 Å². The minimum atomic E-state index is -4.51. The molecule has 0 aliphatic carbocycles. The lowest BCUT2D eigenvalue weighted by atomic mass is 10.0. The molecule has 196 valence electrons. The molecule has 12 heteroatoms. The summed E-state index contributed by atoms with van der Waals surface area (Å²) in [4.78, 5) is 25.3. The number of allylic oxidation sites excluding steroid dienone is 1. The molecule has 1 heterocycles. The van der Waals surface area contributed by atoms with Gasteiger partial charge in [-0.1, -0.05) is 61.5 Å². The van der Waals surface area contributed by atoms with Crippen molar-refractivity contribution in [1.29, 1.82) is 0 Å². The predicted molar refractivity (Wildman–Crippen MR) is 138 cm³/mol.